The van der Waals surface area contributed by atoms with E-state index in [4.69, 9.17) is 15.2 Å². The van der Waals surface area contributed by atoms with Crippen LogP contribution in [0.25, 0.3) is 10.9 Å². The van der Waals surface area contributed by atoms with Gasteiger partial charge >= 0.3 is 6.01 Å². The summed E-state index contributed by atoms with van der Waals surface area (Å²) in [5.41, 5.74) is 7.19. The molecular formula is C15H13N3O2. The lowest BCUT2D eigenvalue weighted by Crippen LogP contribution is -1.96. The van der Waals surface area contributed by atoms with Gasteiger partial charge in [-0.2, -0.15) is 4.98 Å². The molecule has 2 N–H and O–H groups in total. The van der Waals surface area contributed by atoms with Crippen LogP contribution in [0.4, 0.5) is 5.69 Å². The Hall–Kier alpha value is -2.82. The number of nitrogens with zero attached hydrogens (tertiary/aromatic N) is 2. The van der Waals surface area contributed by atoms with Gasteiger partial charge in [0.1, 0.15) is 5.75 Å². The average molecular weight is 267 g/mol. The van der Waals surface area contributed by atoms with E-state index >= 15 is 0 Å². The molecule has 0 aliphatic carbocycles. The molecule has 0 amide bonds. The Morgan fingerprint density at radius 1 is 1.10 bits per heavy atom. The number of fused-ring (bicyclic) bond motifs is 1. The third-order valence-corrected chi connectivity index (χ3v) is 2.89. The van der Waals surface area contributed by atoms with Crippen LogP contribution in [0.1, 0.15) is 0 Å². The summed E-state index contributed by atoms with van der Waals surface area (Å²) in [6.45, 7) is 0. The van der Waals surface area contributed by atoms with E-state index in [-0.39, 0.29) is 6.01 Å². The molecule has 1 aromatic heterocycles. The number of rotatable bonds is 3. The molecule has 20 heavy (non-hydrogen) atoms. The van der Waals surface area contributed by atoms with Crippen LogP contribution >= 0.6 is 0 Å². The quantitative estimate of drug-likeness (QED) is 0.739. The minimum absolute atomic E-state index is 0.264. The maximum atomic E-state index is 5.90. The second-order valence-corrected chi connectivity index (χ2v) is 4.22. The van der Waals surface area contributed by atoms with E-state index in [9.17, 15) is 0 Å². The highest BCUT2D eigenvalue weighted by Gasteiger charge is 2.06. The molecule has 0 aliphatic heterocycles. The van der Waals surface area contributed by atoms with Crippen molar-refractivity contribution >= 4 is 16.6 Å². The summed E-state index contributed by atoms with van der Waals surface area (Å²) in [5.74, 6) is 1.18. The predicted octanol–water partition coefficient (Wildman–Crippen LogP) is 3.01. The zero-order valence-corrected chi connectivity index (χ0v) is 10.9. The van der Waals surface area contributed by atoms with Gasteiger partial charge in [0.2, 0.25) is 0 Å². The van der Waals surface area contributed by atoms with Crippen molar-refractivity contribution in [1.29, 1.82) is 0 Å². The second kappa shape index (κ2) is 5.05. The summed E-state index contributed by atoms with van der Waals surface area (Å²) in [5, 5.41) is 0.961. The van der Waals surface area contributed by atoms with Crippen molar-refractivity contribution in [2.75, 3.05) is 12.8 Å². The van der Waals surface area contributed by atoms with Gasteiger partial charge in [0.05, 0.1) is 18.3 Å². The van der Waals surface area contributed by atoms with Crippen LogP contribution in [0.5, 0.6) is 17.5 Å². The lowest BCUT2D eigenvalue weighted by Gasteiger charge is -2.08. The zero-order chi connectivity index (χ0) is 13.9. The van der Waals surface area contributed by atoms with Crippen LogP contribution in [0.2, 0.25) is 0 Å². The van der Waals surface area contributed by atoms with Gasteiger partial charge in [-0.15, -0.1) is 0 Å². The van der Waals surface area contributed by atoms with E-state index in [1.807, 2.05) is 24.3 Å². The van der Waals surface area contributed by atoms with Crippen LogP contribution in [0.15, 0.2) is 48.7 Å². The highest BCUT2D eigenvalue weighted by Crippen LogP contribution is 2.29. The first kappa shape index (κ1) is 12.2. The number of nitrogens with two attached hydrogens (primary N) is 1. The molecule has 0 saturated heterocycles. The van der Waals surface area contributed by atoms with Gasteiger partial charge in [0, 0.05) is 17.6 Å². The van der Waals surface area contributed by atoms with Crippen LogP contribution in [-0.4, -0.2) is 17.1 Å². The fourth-order valence-corrected chi connectivity index (χ4v) is 1.85. The normalized spacial score (nSPS) is 10.4. The largest absolute Gasteiger partial charge is 0.497 e. The Kier molecular flexibility index (Phi) is 3.09. The molecule has 3 rings (SSSR count). The van der Waals surface area contributed by atoms with E-state index in [2.05, 4.69) is 9.97 Å². The number of hydrogen-bond donors (Lipinski definition) is 1. The van der Waals surface area contributed by atoms with Crippen molar-refractivity contribution < 1.29 is 9.47 Å². The molecule has 0 radical (unpaired) electrons. The molecule has 0 saturated carbocycles. The molecule has 5 heteroatoms. The lowest BCUT2D eigenvalue weighted by atomic mass is 10.2. The lowest BCUT2D eigenvalue weighted by molar-refractivity contribution is 0.411. The Labute approximate surface area is 116 Å². The first-order valence-corrected chi connectivity index (χ1v) is 6.09. The third kappa shape index (κ3) is 2.33. The number of nitrogen functional groups attached to an aromatic ring is 1. The van der Waals surface area contributed by atoms with Crippen molar-refractivity contribution in [3.8, 4) is 17.5 Å². The molecule has 1 heterocycles. The summed E-state index contributed by atoms with van der Waals surface area (Å²) in [6, 6.07) is 13.2. The fourth-order valence-electron chi connectivity index (χ4n) is 1.85. The zero-order valence-electron chi connectivity index (χ0n) is 10.9. The van der Waals surface area contributed by atoms with E-state index in [1.165, 1.54) is 0 Å². The average Bonchev–Trinajstić information content (AvgIpc) is 2.49. The molecule has 100 valence electrons. The number of aromatic nitrogens is 2. The van der Waals surface area contributed by atoms with Crippen molar-refractivity contribution in [2.45, 2.75) is 0 Å². The van der Waals surface area contributed by atoms with Gasteiger partial charge in [-0.1, -0.05) is 18.2 Å². The summed E-state index contributed by atoms with van der Waals surface area (Å²) in [7, 11) is 1.59. The molecule has 5 nitrogen and oxygen atoms in total. The molecule has 0 bridgehead atoms. The van der Waals surface area contributed by atoms with Gasteiger partial charge in [0.15, 0.2) is 5.75 Å². The van der Waals surface area contributed by atoms with Crippen LogP contribution in [0, 0.1) is 0 Å². The summed E-state index contributed by atoms with van der Waals surface area (Å²) < 4.78 is 10.7. The first-order chi connectivity index (χ1) is 9.76. The highest BCUT2D eigenvalue weighted by molar-refractivity contribution is 5.77. The maximum absolute atomic E-state index is 5.90. The second-order valence-electron chi connectivity index (χ2n) is 4.22. The van der Waals surface area contributed by atoms with Gasteiger partial charge < -0.3 is 15.2 Å². The summed E-state index contributed by atoms with van der Waals surface area (Å²) in [4.78, 5) is 8.50. The number of para-hydroxylation sites is 1. The van der Waals surface area contributed by atoms with Crippen LogP contribution in [-0.2, 0) is 0 Å². The molecule has 3 aromatic rings. The van der Waals surface area contributed by atoms with E-state index in [0.29, 0.717) is 17.2 Å². The third-order valence-electron chi connectivity index (χ3n) is 2.89. The molecule has 0 unspecified atom stereocenters. The predicted molar refractivity (Wildman–Crippen MR) is 77.0 cm³/mol. The molecule has 2 aromatic carbocycles. The standard InChI is InChI=1S/C15H13N3O2/c1-19-11-6-7-14(12(16)8-11)20-15-17-9-10-4-2-3-5-13(10)18-15/h2-9H,16H2,1H3. The minimum atomic E-state index is 0.264. The monoisotopic (exact) mass is 267 g/mol. The van der Waals surface area contributed by atoms with Crippen molar-refractivity contribution in [1.82, 2.24) is 9.97 Å². The smallest absolute Gasteiger partial charge is 0.322 e. The SMILES string of the molecule is COc1ccc(Oc2ncc3ccccc3n2)c(N)c1. The Bertz CT molecular complexity index is 759. The maximum Gasteiger partial charge on any atom is 0.322 e. The topological polar surface area (TPSA) is 70.3 Å². The highest BCUT2D eigenvalue weighted by atomic mass is 16.5. The fraction of sp³-hybridized carbons (Fsp3) is 0.0667. The number of anilines is 1. The molecule has 0 aliphatic rings. The number of hydrogen-bond acceptors (Lipinski definition) is 5. The van der Waals surface area contributed by atoms with Crippen molar-refractivity contribution in [2.24, 2.45) is 0 Å². The van der Waals surface area contributed by atoms with Gasteiger partial charge in [-0.25, -0.2) is 4.98 Å². The molecule has 0 spiro atoms. The van der Waals surface area contributed by atoms with Gasteiger partial charge in [0.25, 0.3) is 0 Å². The Morgan fingerprint density at radius 3 is 2.75 bits per heavy atom. The minimum Gasteiger partial charge on any atom is -0.497 e. The first-order valence-electron chi connectivity index (χ1n) is 6.09. The van der Waals surface area contributed by atoms with Crippen molar-refractivity contribution in [3.63, 3.8) is 0 Å². The van der Waals surface area contributed by atoms with Crippen LogP contribution in [0.3, 0.4) is 0 Å². The Balaban J connectivity index is 1.92. The van der Waals surface area contributed by atoms with Gasteiger partial charge in [-0.05, 0) is 18.2 Å². The number of methoxy groups -OCH3 is 1. The number of ether oxygens (including phenoxy) is 2. The van der Waals surface area contributed by atoms with E-state index in [0.717, 1.165) is 10.9 Å². The molecular weight excluding hydrogens is 254 g/mol. The summed E-state index contributed by atoms with van der Waals surface area (Å²) in [6.07, 6.45) is 1.72. The van der Waals surface area contributed by atoms with E-state index < -0.39 is 0 Å². The number of benzene rings is 2. The van der Waals surface area contributed by atoms with Crippen molar-refractivity contribution in [3.05, 3.63) is 48.7 Å². The van der Waals surface area contributed by atoms with Gasteiger partial charge in [-0.3, -0.25) is 0 Å². The van der Waals surface area contributed by atoms with Crippen LogP contribution < -0.4 is 15.2 Å². The Morgan fingerprint density at radius 2 is 1.95 bits per heavy atom. The van der Waals surface area contributed by atoms with E-state index in [1.54, 1.807) is 31.5 Å². The summed E-state index contributed by atoms with van der Waals surface area (Å²) >= 11 is 0. The molecule has 0 fully saturated rings. The molecule has 0 atom stereocenters.